The lowest BCUT2D eigenvalue weighted by molar-refractivity contribution is 0.356. The van der Waals surface area contributed by atoms with Crippen LogP contribution in [0.2, 0.25) is 0 Å². The lowest BCUT2D eigenvalue weighted by Gasteiger charge is -2.21. The fraction of sp³-hybridized carbons (Fsp3) is 0.296. The number of aryl methyl sites for hydroxylation is 2. The Morgan fingerprint density at radius 2 is 1.72 bits per heavy atom. The Labute approximate surface area is 195 Å². The van der Waals surface area contributed by atoms with Gasteiger partial charge in [0.05, 0.1) is 26.8 Å². The van der Waals surface area contributed by atoms with Gasteiger partial charge in [0.2, 0.25) is 0 Å². The van der Waals surface area contributed by atoms with Crippen molar-refractivity contribution in [2.75, 3.05) is 26.5 Å². The van der Waals surface area contributed by atoms with E-state index in [2.05, 4.69) is 72.7 Å². The first-order valence-corrected chi connectivity index (χ1v) is 11.9. The lowest BCUT2D eigenvalue weighted by Crippen LogP contribution is -2.27. The van der Waals surface area contributed by atoms with Crippen molar-refractivity contribution in [2.24, 2.45) is 4.99 Å². The predicted molar refractivity (Wildman–Crippen MR) is 135 cm³/mol. The highest BCUT2D eigenvalue weighted by atomic mass is 32.2. The van der Waals surface area contributed by atoms with Crippen molar-refractivity contribution < 1.29 is 9.47 Å². The van der Waals surface area contributed by atoms with Crippen LogP contribution >= 0.6 is 11.8 Å². The summed E-state index contributed by atoms with van der Waals surface area (Å²) in [5.41, 5.74) is 7.29. The standard InChI is InChI=1S/C27H30N2O2S/c1-18-14-19(2)16-20(15-18)17-24(29-27-28-12-13-32-27)22-10-8-21(9-11-22)23-6-5-7-25(30-3)26(23)31-4/h5-11,14-16,24H,12-13,17H2,1-4H3,(H,28,29). The highest BCUT2D eigenvalue weighted by Crippen LogP contribution is 2.38. The van der Waals surface area contributed by atoms with E-state index in [0.29, 0.717) is 0 Å². The van der Waals surface area contributed by atoms with Crippen LogP contribution < -0.4 is 14.8 Å². The molecule has 0 amide bonds. The van der Waals surface area contributed by atoms with Crippen LogP contribution in [0.3, 0.4) is 0 Å². The van der Waals surface area contributed by atoms with Gasteiger partial charge in [0.15, 0.2) is 16.7 Å². The molecule has 4 rings (SSSR count). The molecule has 4 nitrogen and oxygen atoms in total. The fourth-order valence-electron chi connectivity index (χ4n) is 4.26. The van der Waals surface area contributed by atoms with Gasteiger partial charge in [0.1, 0.15) is 0 Å². The molecular weight excluding hydrogens is 416 g/mol. The van der Waals surface area contributed by atoms with Crippen LogP contribution in [0.15, 0.2) is 65.7 Å². The number of nitrogens with zero attached hydrogens (tertiary/aromatic N) is 1. The number of rotatable bonds is 7. The molecule has 0 saturated carbocycles. The van der Waals surface area contributed by atoms with Crippen LogP contribution in [-0.4, -0.2) is 31.7 Å². The molecule has 0 aliphatic carbocycles. The largest absolute Gasteiger partial charge is 0.493 e. The van der Waals surface area contributed by atoms with Crippen molar-refractivity contribution in [1.29, 1.82) is 0 Å². The van der Waals surface area contributed by atoms with Crippen molar-refractivity contribution in [3.05, 3.63) is 82.9 Å². The Kier molecular flexibility index (Phi) is 7.05. The lowest BCUT2D eigenvalue weighted by atomic mass is 9.94. The molecule has 3 aromatic carbocycles. The van der Waals surface area contributed by atoms with Crippen LogP contribution in [0, 0.1) is 13.8 Å². The third-order valence-corrected chi connectivity index (χ3v) is 6.54. The minimum Gasteiger partial charge on any atom is -0.493 e. The number of ether oxygens (including phenoxy) is 2. The molecule has 0 saturated heterocycles. The van der Waals surface area contributed by atoms with Gasteiger partial charge >= 0.3 is 0 Å². The molecule has 0 bridgehead atoms. The molecule has 1 heterocycles. The Morgan fingerprint density at radius 3 is 2.34 bits per heavy atom. The Hall–Kier alpha value is -2.92. The van der Waals surface area contributed by atoms with Gasteiger partial charge in [-0.1, -0.05) is 77.5 Å². The SMILES string of the molecule is COc1cccc(-c2ccc(C(Cc3cc(C)cc(C)c3)NC3=NCCS3)cc2)c1OC. The van der Waals surface area contributed by atoms with E-state index < -0.39 is 0 Å². The first-order chi connectivity index (χ1) is 15.6. The second-order valence-corrected chi connectivity index (χ2v) is 9.18. The van der Waals surface area contributed by atoms with Crippen LogP contribution in [0.25, 0.3) is 11.1 Å². The second-order valence-electron chi connectivity index (χ2n) is 8.10. The van der Waals surface area contributed by atoms with Crippen molar-refractivity contribution in [3.8, 4) is 22.6 Å². The summed E-state index contributed by atoms with van der Waals surface area (Å²) in [6.45, 7) is 5.20. The average molecular weight is 447 g/mol. The summed E-state index contributed by atoms with van der Waals surface area (Å²) in [4.78, 5) is 4.62. The van der Waals surface area contributed by atoms with E-state index in [1.807, 2.05) is 12.1 Å². The van der Waals surface area contributed by atoms with Gasteiger partial charge in [0, 0.05) is 11.3 Å². The summed E-state index contributed by atoms with van der Waals surface area (Å²) >= 11 is 1.80. The maximum Gasteiger partial charge on any atom is 0.168 e. The monoisotopic (exact) mass is 446 g/mol. The molecule has 5 heteroatoms. The molecule has 1 unspecified atom stereocenters. The van der Waals surface area contributed by atoms with E-state index in [-0.39, 0.29) is 6.04 Å². The highest BCUT2D eigenvalue weighted by molar-refractivity contribution is 8.14. The first kappa shape index (κ1) is 22.3. The summed E-state index contributed by atoms with van der Waals surface area (Å²) < 4.78 is 11.1. The molecule has 1 atom stereocenters. The minimum absolute atomic E-state index is 0.154. The summed E-state index contributed by atoms with van der Waals surface area (Å²) in [7, 11) is 3.34. The molecule has 0 aromatic heterocycles. The zero-order valence-electron chi connectivity index (χ0n) is 19.1. The zero-order valence-corrected chi connectivity index (χ0v) is 20.0. The molecule has 1 N–H and O–H groups in total. The average Bonchev–Trinajstić information content (AvgIpc) is 3.30. The zero-order chi connectivity index (χ0) is 22.5. The summed E-state index contributed by atoms with van der Waals surface area (Å²) in [5, 5.41) is 4.73. The Balaban J connectivity index is 1.64. The number of hydrogen-bond acceptors (Lipinski definition) is 5. The minimum atomic E-state index is 0.154. The highest BCUT2D eigenvalue weighted by Gasteiger charge is 2.18. The van der Waals surface area contributed by atoms with Gasteiger partial charge in [-0.05, 0) is 43.0 Å². The van der Waals surface area contributed by atoms with Crippen molar-refractivity contribution >= 4 is 16.9 Å². The number of para-hydroxylation sites is 1. The fourth-order valence-corrected chi connectivity index (χ4v) is 5.04. The maximum absolute atomic E-state index is 5.63. The van der Waals surface area contributed by atoms with Crippen LogP contribution in [-0.2, 0) is 6.42 Å². The Bertz CT molecular complexity index is 1090. The van der Waals surface area contributed by atoms with Gasteiger partial charge in [-0.25, -0.2) is 0 Å². The molecule has 32 heavy (non-hydrogen) atoms. The van der Waals surface area contributed by atoms with E-state index in [9.17, 15) is 0 Å². The summed E-state index contributed by atoms with van der Waals surface area (Å²) in [6, 6.07) is 21.6. The number of thioether (sulfide) groups is 1. The first-order valence-electron chi connectivity index (χ1n) is 10.9. The van der Waals surface area contributed by atoms with Gasteiger partial charge in [0.25, 0.3) is 0 Å². The van der Waals surface area contributed by atoms with Gasteiger partial charge < -0.3 is 14.8 Å². The smallest absolute Gasteiger partial charge is 0.168 e. The van der Waals surface area contributed by atoms with Crippen LogP contribution in [0.5, 0.6) is 11.5 Å². The van der Waals surface area contributed by atoms with Gasteiger partial charge in [-0.3, -0.25) is 4.99 Å². The quantitative estimate of drug-likeness (QED) is 0.486. The van der Waals surface area contributed by atoms with Crippen molar-refractivity contribution in [3.63, 3.8) is 0 Å². The number of nitrogens with one attached hydrogen (secondary N) is 1. The van der Waals surface area contributed by atoms with E-state index in [1.54, 1.807) is 26.0 Å². The van der Waals surface area contributed by atoms with E-state index >= 15 is 0 Å². The Morgan fingerprint density at radius 1 is 0.969 bits per heavy atom. The van der Waals surface area contributed by atoms with Crippen molar-refractivity contribution in [1.82, 2.24) is 5.32 Å². The van der Waals surface area contributed by atoms with Gasteiger partial charge in [-0.2, -0.15) is 0 Å². The second kappa shape index (κ2) is 10.1. The van der Waals surface area contributed by atoms with E-state index in [1.165, 1.54) is 22.3 Å². The number of benzene rings is 3. The summed E-state index contributed by atoms with van der Waals surface area (Å²) in [6.07, 6.45) is 0.907. The van der Waals surface area contributed by atoms with E-state index in [4.69, 9.17) is 9.47 Å². The normalized spacial score (nSPS) is 14.1. The summed E-state index contributed by atoms with van der Waals surface area (Å²) in [5.74, 6) is 2.54. The van der Waals surface area contributed by atoms with Crippen molar-refractivity contribution in [2.45, 2.75) is 26.3 Å². The third kappa shape index (κ3) is 5.10. The molecule has 166 valence electrons. The number of aliphatic imine (C=N–C) groups is 1. The third-order valence-electron chi connectivity index (χ3n) is 5.63. The molecule has 0 spiro atoms. The maximum atomic E-state index is 5.63. The predicted octanol–water partition coefficient (Wildman–Crippen LogP) is 5.96. The molecular formula is C27H30N2O2S. The number of hydrogen-bond donors (Lipinski definition) is 1. The van der Waals surface area contributed by atoms with E-state index in [0.717, 1.165) is 46.5 Å². The van der Waals surface area contributed by atoms with Gasteiger partial charge in [-0.15, -0.1) is 0 Å². The molecule has 1 aliphatic heterocycles. The molecule has 3 aromatic rings. The number of methoxy groups -OCH3 is 2. The number of amidine groups is 1. The topological polar surface area (TPSA) is 42.8 Å². The van der Waals surface area contributed by atoms with Crippen LogP contribution in [0.4, 0.5) is 0 Å². The molecule has 0 radical (unpaired) electrons. The van der Waals surface area contributed by atoms with Crippen LogP contribution in [0.1, 0.15) is 28.3 Å². The molecule has 1 aliphatic rings. The molecule has 0 fully saturated rings.